The van der Waals surface area contributed by atoms with Gasteiger partial charge in [0, 0.05) is 6.42 Å². The van der Waals surface area contributed by atoms with Gasteiger partial charge in [0.1, 0.15) is 12.1 Å². The summed E-state index contributed by atoms with van der Waals surface area (Å²) in [5, 5.41) is 21.7. The highest BCUT2D eigenvalue weighted by molar-refractivity contribution is 5.93. The summed E-state index contributed by atoms with van der Waals surface area (Å²) >= 11 is 0. The van der Waals surface area contributed by atoms with Gasteiger partial charge >= 0.3 is 11.9 Å². The second kappa shape index (κ2) is 9.35. The zero-order valence-corrected chi connectivity index (χ0v) is 12.4. The molecule has 11 nitrogen and oxygen atoms in total. The predicted octanol–water partition coefficient (Wildman–Crippen LogP) is -2.87. The molecule has 23 heavy (non-hydrogen) atoms. The van der Waals surface area contributed by atoms with Gasteiger partial charge in [0.05, 0.1) is 12.5 Å². The van der Waals surface area contributed by atoms with Gasteiger partial charge in [-0.25, -0.2) is 0 Å². The number of carboxylic acid groups (broad SMARTS) is 2. The van der Waals surface area contributed by atoms with E-state index in [1.165, 1.54) is 6.92 Å². The van der Waals surface area contributed by atoms with E-state index in [0.717, 1.165) is 0 Å². The SMILES string of the molecule is CC(NC(=O)C(CCC(=O)O)NC(=O)C(N)CC(N)=O)C(=O)O. The summed E-state index contributed by atoms with van der Waals surface area (Å²) < 4.78 is 0. The molecule has 0 radical (unpaired) electrons. The van der Waals surface area contributed by atoms with Crippen molar-refractivity contribution in [2.45, 2.75) is 44.3 Å². The molecule has 0 aliphatic carbocycles. The van der Waals surface area contributed by atoms with Crippen LogP contribution in [-0.2, 0) is 24.0 Å². The van der Waals surface area contributed by atoms with Crippen LogP contribution in [0.1, 0.15) is 26.2 Å². The van der Waals surface area contributed by atoms with E-state index < -0.39 is 60.6 Å². The Labute approximate surface area is 131 Å². The van der Waals surface area contributed by atoms with Gasteiger partial charge in [-0.1, -0.05) is 0 Å². The van der Waals surface area contributed by atoms with Gasteiger partial charge in [-0.3, -0.25) is 24.0 Å². The maximum atomic E-state index is 11.9. The standard InChI is InChI=1S/C12H20N4O7/c1-5(12(22)23)15-11(21)7(2-3-9(18)19)16-10(20)6(13)4-8(14)17/h5-7H,2-4,13H2,1H3,(H2,14,17)(H,15,21)(H,16,20)(H,18,19)(H,22,23). The van der Waals surface area contributed by atoms with Crippen molar-refractivity contribution in [3.05, 3.63) is 0 Å². The number of carboxylic acids is 2. The number of hydrogen-bond acceptors (Lipinski definition) is 6. The van der Waals surface area contributed by atoms with Crippen molar-refractivity contribution in [2.75, 3.05) is 0 Å². The van der Waals surface area contributed by atoms with E-state index >= 15 is 0 Å². The molecule has 0 aliphatic rings. The lowest BCUT2D eigenvalue weighted by molar-refractivity contribution is -0.142. The molecule has 0 aromatic carbocycles. The number of aliphatic carboxylic acids is 2. The summed E-state index contributed by atoms with van der Waals surface area (Å²) in [6.45, 7) is 1.20. The molecule has 3 atom stereocenters. The van der Waals surface area contributed by atoms with E-state index in [-0.39, 0.29) is 6.42 Å². The van der Waals surface area contributed by atoms with Gasteiger partial charge in [0.2, 0.25) is 17.7 Å². The highest BCUT2D eigenvalue weighted by Gasteiger charge is 2.27. The Hall–Kier alpha value is -2.69. The topological polar surface area (TPSA) is 202 Å². The average molecular weight is 332 g/mol. The third-order valence-electron chi connectivity index (χ3n) is 2.77. The number of nitrogens with two attached hydrogens (primary N) is 2. The van der Waals surface area contributed by atoms with Crippen LogP contribution in [0, 0.1) is 0 Å². The van der Waals surface area contributed by atoms with Crippen LogP contribution < -0.4 is 22.1 Å². The van der Waals surface area contributed by atoms with Crippen molar-refractivity contribution in [1.82, 2.24) is 10.6 Å². The Kier molecular flexibility index (Phi) is 8.26. The molecule has 0 fully saturated rings. The number of primary amides is 1. The van der Waals surface area contributed by atoms with Crippen LogP contribution in [0.3, 0.4) is 0 Å². The molecule has 0 saturated heterocycles. The molecule has 0 saturated carbocycles. The van der Waals surface area contributed by atoms with Crippen LogP contribution in [0.4, 0.5) is 0 Å². The first-order valence-electron chi connectivity index (χ1n) is 6.63. The molecule has 0 rings (SSSR count). The molecular weight excluding hydrogens is 312 g/mol. The van der Waals surface area contributed by atoms with E-state index in [1.54, 1.807) is 0 Å². The first-order chi connectivity index (χ1) is 10.5. The number of rotatable bonds is 10. The molecule has 11 heteroatoms. The van der Waals surface area contributed by atoms with Gasteiger partial charge in [0.15, 0.2) is 0 Å². The number of carbonyl (C=O) groups excluding carboxylic acids is 3. The van der Waals surface area contributed by atoms with Crippen molar-refractivity contribution in [3.63, 3.8) is 0 Å². The molecule has 3 amide bonds. The van der Waals surface area contributed by atoms with Crippen molar-refractivity contribution >= 4 is 29.7 Å². The van der Waals surface area contributed by atoms with Gasteiger partial charge in [0.25, 0.3) is 0 Å². The maximum absolute atomic E-state index is 11.9. The lowest BCUT2D eigenvalue weighted by Crippen LogP contribution is -2.54. The van der Waals surface area contributed by atoms with Crippen LogP contribution >= 0.6 is 0 Å². The molecule has 0 aromatic heterocycles. The van der Waals surface area contributed by atoms with Crippen LogP contribution in [0.25, 0.3) is 0 Å². The lowest BCUT2D eigenvalue weighted by atomic mass is 10.1. The zero-order chi connectivity index (χ0) is 18.2. The quantitative estimate of drug-likeness (QED) is 0.245. The van der Waals surface area contributed by atoms with Crippen LogP contribution in [0.5, 0.6) is 0 Å². The third kappa shape index (κ3) is 8.36. The van der Waals surface area contributed by atoms with E-state index in [9.17, 15) is 24.0 Å². The van der Waals surface area contributed by atoms with Crippen molar-refractivity contribution < 1.29 is 34.2 Å². The Bertz CT molecular complexity index is 494. The average Bonchev–Trinajstić information content (AvgIpc) is 2.41. The highest BCUT2D eigenvalue weighted by atomic mass is 16.4. The fraction of sp³-hybridized carbons (Fsp3) is 0.583. The number of amides is 3. The summed E-state index contributed by atoms with van der Waals surface area (Å²) in [7, 11) is 0. The monoisotopic (exact) mass is 332 g/mol. The fourth-order valence-electron chi connectivity index (χ4n) is 1.50. The van der Waals surface area contributed by atoms with Gasteiger partial charge in [-0.15, -0.1) is 0 Å². The molecule has 130 valence electrons. The van der Waals surface area contributed by atoms with E-state index in [1.807, 2.05) is 0 Å². The second-order valence-corrected chi connectivity index (χ2v) is 4.84. The molecular formula is C12H20N4O7. The molecule has 0 heterocycles. The summed E-state index contributed by atoms with van der Waals surface area (Å²) in [4.78, 5) is 55.7. The fourth-order valence-corrected chi connectivity index (χ4v) is 1.50. The second-order valence-electron chi connectivity index (χ2n) is 4.84. The van der Waals surface area contributed by atoms with Crippen molar-refractivity contribution in [1.29, 1.82) is 0 Å². The summed E-state index contributed by atoms with van der Waals surface area (Å²) in [5.41, 5.74) is 10.3. The largest absolute Gasteiger partial charge is 0.481 e. The predicted molar refractivity (Wildman–Crippen MR) is 75.8 cm³/mol. The molecule has 3 unspecified atom stereocenters. The first kappa shape index (κ1) is 20.3. The molecule has 8 N–H and O–H groups in total. The van der Waals surface area contributed by atoms with E-state index in [0.29, 0.717) is 0 Å². The first-order valence-corrected chi connectivity index (χ1v) is 6.63. The van der Waals surface area contributed by atoms with Crippen molar-refractivity contribution in [2.24, 2.45) is 11.5 Å². The number of carbonyl (C=O) groups is 5. The van der Waals surface area contributed by atoms with E-state index in [4.69, 9.17) is 21.7 Å². The summed E-state index contributed by atoms with van der Waals surface area (Å²) in [6, 6.07) is -3.84. The molecule has 0 bridgehead atoms. The lowest BCUT2D eigenvalue weighted by Gasteiger charge is -2.21. The number of hydrogen-bond donors (Lipinski definition) is 6. The summed E-state index contributed by atoms with van der Waals surface area (Å²) in [6.07, 6.45) is -1.17. The van der Waals surface area contributed by atoms with Gasteiger partial charge in [-0.05, 0) is 13.3 Å². The van der Waals surface area contributed by atoms with E-state index in [2.05, 4.69) is 10.6 Å². The minimum absolute atomic E-state index is 0.275. The van der Waals surface area contributed by atoms with Crippen LogP contribution in [0.2, 0.25) is 0 Å². The minimum Gasteiger partial charge on any atom is -0.481 e. The van der Waals surface area contributed by atoms with Crippen LogP contribution in [0.15, 0.2) is 0 Å². The molecule has 0 aliphatic heterocycles. The minimum atomic E-state index is -1.31. The van der Waals surface area contributed by atoms with Gasteiger partial charge < -0.3 is 32.3 Å². The normalized spacial score (nSPS) is 14.2. The Morgan fingerprint density at radius 2 is 1.61 bits per heavy atom. The maximum Gasteiger partial charge on any atom is 0.325 e. The van der Waals surface area contributed by atoms with Crippen molar-refractivity contribution in [3.8, 4) is 0 Å². The smallest absolute Gasteiger partial charge is 0.325 e. The Morgan fingerprint density at radius 3 is 2.04 bits per heavy atom. The van der Waals surface area contributed by atoms with Gasteiger partial charge in [-0.2, -0.15) is 0 Å². The molecule has 0 aromatic rings. The molecule has 0 spiro atoms. The van der Waals surface area contributed by atoms with Crippen LogP contribution in [-0.4, -0.2) is 58.0 Å². The zero-order valence-electron chi connectivity index (χ0n) is 12.4. The number of nitrogens with one attached hydrogen (secondary N) is 2. The summed E-state index contributed by atoms with van der Waals surface area (Å²) in [5.74, 6) is -5.08. The Balaban J connectivity index is 4.88. The third-order valence-corrected chi connectivity index (χ3v) is 2.77. The Morgan fingerprint density at radius 1 is 1.04 bits per heavy atom. The highest BCUT2D eigenvalue weighted by Crippen LogP contribution is 2.01.